The average Bonchev–Trinajstić information content (AvgIpc) is 2.95. The first-order valence-electron chi connectivity index (χ1n) is 6.69. The van der Waals surface area contributed by atoms with Crippen molar-refractivity contribution >= 4 is 22.4 Å². The highest BCUT2D eigenvalue weighted by atomic mass is 32.1. The lowest BCUT2D eigenvalue weighted by Gasteiger charge is -2.20. The Kier molecular flexibility index (Phi) is 3.01. The van der Waals surface area contributed by atoms with E-state index < -0.39 is 5.97 Å². The fourth-order valence-corrected chi connectivity index (χ4v) is 3.87. The van der Waals surface area contributed by atoms with Gasteiger partial charge >= 0.3 is 5.97 Å². The molecular formula is C13H18N2O2S. The van der Waals surface area contributed by atoms with Crippen molar-refractivity contribution in [1.29, 1.82) is 0 Å². The molecule has 2 aliphatic carbocycles. The minimum atomic E-state index is -0.723. The van der Waals surface area contributed by atoms with Crippen molar-refractivity contribution in [1.82, 2.24) is 4.98 Å². The number of aromatic nitrogens is 1. The minimum absolute atomic E-state index is 0.368. The summed E-state index contributed by atoms with van der Waals surface area (Å²) in [6, 6.07) is 0.652. The van der Waals surface area contributed by atoms with Gasteiger partial charge in [-0.2, -0.15) is 0 Å². The zero-order valence-electron chi connectivity index (χ0n) is 10.6. The first-order chi connectivity index (χ1) is 8.70. The van der Waals surface area contributed by atoms with E-state index in [1.165, 1.54) is 17.7 Å². The first-order valence-corrected chi connectivity index (χ1v) is 7.51. The number of aryl methyl sites for hydroxylation is 1. The van der Waals surface area contributed by atoms with E-state index in [9.17, 15) is 9.90 Å². The van der Waals surface area contributed by atoms with Crippen LogP contribution in [0, 0.1) is 0 Å². The maximum Gasteiger partial charge on any atom is 0.312 e. The second-order valence-corrected chi connectivity index (χ2v) is 6.22. The van der Waals surface area contributed by atoms with Crippen molar-refractivity contribution in [2.75, 3.05) is 11.4 Å². The van der Waals surface area contributed by atoms with Crippen molar-refractivity contribution < 1.29 is 9.90 Å². The molecule has 98 valence electrons. The van der Waals surface area contributed by atoms with E-state index in [0.717, 1.165) is 36.6 Å². The fraction of sp³-hybridized carbons (Fsp3) is 0.692. The van der Waals surface area contributed by atoms with Gasteiger partial charge in [-0.1, -0.05) is 6.92 Å². The Labute approximate surface area is 111 Å². The third-order valence-electron chi connectivity index (χ3n) is 3.70. The van der Waals surface area contributed by atoms with Gasteiger partial charge in [0.25, 0.3) is 0 Å². The van der Waals surface area contributed by atoms with Crippen LogP contribution in [0.3, 0.4) is 0 Å². The largest absolute Gasteiger partial charge is 0.481 e. The summed E-state index contributed by atoms with van der Waals surface area (Å²) in [5.74, 6) is -1.09. The molecule has 0 amide bonds. The molecule has 1 unspecified atom stereocenters. The van der Waals surface area contributed by atoms with Crippen LogP contribution in [0.4, 0.5) is 5.13 Å². The average molecular weight is 266 g/mol. The highest BCUT2D eigenvalue weighted by Gasteiger charge is 2.36. The number of carbonyl (C=O) groups is 1. The van der Waals surface area contributed by atoms with Gasteiger partial charge < -0.3 is 10.0 Å². The number of carboxylic acids is 1. The lowest BCUT2D eigenvalue weighted by molar-refractivity contribution is -0.138. The van der Waals surface area contributed by atoms with E-state index in [2.05, 4.69) is 16.8 Å². The normalized spacial score (nSPS) is 21.9. The molecule has 0 aliphatic heterocycles. The molecule has 4 nitrogen and oxygen atoms in total. The SMILES string of the molecule is CCCN(c1nc2c(s1)CCC2C(=O)O)C1CC1. The molecule has 1 aromatic rings. The number of thiazole rings is 1. The number of fused-ring (bicyclic) bond motifs is 1. The molecule has 1 atom stereocenters. The van der Waals surface area contributed by atoms with Crippen molar-refractivity contribution in [3.05, 3.63) is 10.6 Å². The van der Waals surface area contributed by atoms with Gasteiger partial charge in [0.2, 0.25) is 0 Å². The Balaban J connectivity index is 1.86. The maximum absolute atomic E-state index is 11.2. The standard InChI is InChI=1S/C13H18N2O2S/c1-2-7-15(8-3-4-8)13-14-11-9(12(16)17)5-6-10(11)18-13/h8-9H,2-7H2,1H3,(H,16,17). The van der Waals surface area contributed by atoms with E-state index in [4.69, 9.17) is 0 Å². The van der Waals surface area contributed by atoms with Gasteiger partial charge in [-0.15, -0.1) is 11.3 Å². The quantitative estimate of drug-likeness (QED) is 0.890. The summed E-state index contributed by atoms with van der Waals surface area (Å²) >= 11 is 1.71. The number of rotatable bonds is 5. The number of hydrogen-bond acceptors (Lipinski definition) is 4. The summed E-state index contributed by atoms with van der Waals surface area (Å²) < 4.78 is 0. The zero-order valence-corrected chi connectivity index (χ0v) is 11.4. The van der Waals surface area contributed by atoms with E-state index in [-0.39, 0.29) is 5.92 Å². The predicted molar refractivity (Wildman–Crippen MR) is 71.5 cm³/mol. The molecule has 18 heavy (non-hydrogen) atoms. The lowest BCUT2D eigenvalue weighted by atomic mass is 10.1. The van der Waals surface area contributed by atoms with Gasteiger partial charge in [0.05, 0.1) is 5.69 Å². The number of aliphatic carboxylic acids is 1. The highest BCUT2D eigenvalue weighted by molar-refractivity contribution is 7.15. The molecule has 0 spiro atoms. The maximum atomic E-state index is 11.2. The second-order valence-electron chi connectivity index (χ2n) is 5.16. The number of nitrogens with zero attached hydrogens (tertiary/aromatic N) is 2. The van der Waals surface area contributed by atoms with Crippen LogP contribution in [-0.4, -0.2) is 28.6 Å². The summed E-state index contributed by atoms with van der Waals surface area (Å²) in [5, 5.41) is 10.2. The van der Waals surface area contributed by atoms with Gasteiger partial charge in [0, 0.05) is 17.5 Å². The molecule has 0 saturated heterocycles. The van der Waals surface area contributed by atoms with Crippen molar-refractivity contribution in [2.45, 2.75) is 51.0 Å². The summed E-state index contributed by atoms with van der Waals surface area (Å²) in [7, 11) is 0. The molecule has 0 radical (unpaired) electrons. The van der Waals surface area contributed by atoms with E-state index in [0.29, 0.717) is 6.04 Å². The summed E-state index contributed by atoms with van der Waals surface area (Å²) in [6.07, 6.45) is 5.23. The lowest BCUT2D eigenvalue weighted by Crippen LogP contribution is -2.26. The van der Waals surface area contributed by atoms with E-state index >= 15 is 0 Å². The zero-order chi connectivity index (χ0) is 12.7. The predicted octanol–water partition coefficient (Wildman–Crippen LogP) is 2.64. The van der Waals surface area contributed by atoms with Crippen molar-refractivity contribution in [3.63, 3.8) is 0 Å². The molecule has 5 heteroatoms. The molecule has 3 rings (SSSR count). The molecular weight excluding hydrogens is 248 g/mol. The summed E-state index contributed by atoms with van der Waals surface area (Å²) in [4.78, 5) is 19.4. The van der Waals surface area contributed by atoms with Gasteiger partial charge in [0.1, 0.15) is 5.92 Å². The smallest absolute Gasteiger partial charge is 0.312 e. The van der Waals surface area contributed by atoms with Crippen molar-refractivity contribution in [2.24, 2.45) is 0 Å². The molecule has 1 heterocycles. The van der Waals surface area contributed by atoms with Gasteiger partial charge in [-0.25, -0.2) is 4.98 Å². The third kappa shape index (κ3) is 2.00. The molecule has 0 bridgehead atoms. The first kappa shape index (κ1) is 12.0. The van der Waals surface area contributed by atoms with Crippen LogP contribution in [0.15, 0.2) is 0 Å². The van der Waals surface area contributed by atoms with Crippen LogP contribution < -0.4 is 4.90 Å². The van der Waals surface area contributed by atoms with Crippen LogP contribution in [0.5, 0.6) is 0 Å². The van der Waals surface area contributed by atoms with E-state index in [1.807, 2.05) is 0 Å². The molecule has 1 fully saturated rings. The minimum Gasteiger partial charge on any atom is -0.481 e. The van der Waals surface area contributed by atoms with Crippen LogP contribution in [0.2, 0.25) is 0 Å². The van der Waals surface area contributed by atoms with Crippen LogP contribution >= 0.6 is 11.3 Å². The van der Waals surface area contributed by atoms with Gasteiger partial charge in [-0.3, -0.25) is 4.79 Å². The van der Waals surface area contributed by atoms with Crippen LogP contribution in [-0.2, 0) is 11.2 Å². The Hall–Kier alpha value is -1.10. The third-order valence-corrected chi connectivity index (χ3v) is 4.87. The van der Waals surface area contributed by atoms with Gasteiger partial charge in [0.15, 0.2) is 5.13 Å². The summed E-state index contributed by atoms with van der Waals surface area (Å²) in [6.45, 7) is 3.21. The van der Waals surface area contributed by atoms with Crippen LogP contribution in [0.1, 0.15) is 49.1 Å². The number of carboxylic acid groups (broad SMARTS) is 1. The van der Waals surface area contributed by atoms with Crippen molar-refractivity contribution in [3.8, 4) is 0 Å². The Morgan fingerprint density at radius 3 is 2.89 bits per heavy atom. The Morgan fingerprint density at radius 2 is 2.28 bits per heavy atom. The fourth-order valence-electron chi connectivity index (χ4n) is 2.64. The number of anilines is 1. The summed E-state index contributed by atoms with van der Waals surface area (Å²) in [5.41, 5.74) is 0.837. The topological polar surface area (TPSA) is 53.4 Å². The van der Waals surface area contributed by atoms with E-state index in [1.54, 1.807) is 11.3 Å². The second kappa shape index (κ2) is 4.53. The molecule has 1 saturated carbocycles. The Bertz CT molecular complexity index is 468. The Morgan fingerprint density at radius 1 is 1.50 bits per heavy atom. The van der Waals surface area contributed by atoms with Crippen LogP contribution in [0.25, 0.3) is 0 Å². The van der Waals surface area contributed by atoms with Gasteiger partial charge in [-0.05, 0) is 32.1 Å². The highest BCUT2D eigenvalue weighted by Crippen LogP contribution is 2.42. The molecule has 0 aromatic carbocycles. The molecule has 1 N–H and O–H groups in total. The molecule has 1 aromatic heterocycles. The molecule has 2 aliphatic rings. The monoisotopic (exact) mass is 266 g/mol. The number of hydrogen-bond donors (Lipinski definition) is 1.